The molecule has 0 aromatic heterocycles. The molecule has 3 saturated heterocycles. The molecule has 2 bridgehead atoms. The van der Waals surface area contributed by atoms with Crippen LogP contribution < -0.4 is 10.1 Å². The summed E-state index contributed by atoms with van der Waals surface area (Å²) < 4.78 is 12.8. The Hall–Kier alpha value is -1.27. The van der Waals surface area contributed by atoms with E-state index < -0.39 is 0 Å². The Morgan fingerprint density at radius 2 is 2.12 bits per heavy atom. The summed E-state index contributed by atoms with van der Waals surface area (Å²) in [6.45, 7) is 7.25. The molecule has 2 atom stereocenters. The van der Waals surface area contributed by atoms with Gasteiger partial charge in [0.25, 0.3) is 0 Å². The largest absolute Gasteiger partial charge is 0.487 e. The minimum atomic E-state index is -0.332. The maximum atomic E-state index is 12.5. The third-order valence-corrected chi connectivity index (χ3v) is 6.07. The molecule has 5 rings (SSSR count). The third kappa shape index (κ3) is 3.65. The maximum absolute atomic E-state index is 12.5. The van der Waals surface area contributed by atoms with E-state index in [1.165, 1.54) is 0 Å². The molecule has 1 amide bonds. The maximum Gasteiger partial charge on any atom is 0.407 e. The Kier molecular flexibility index (Phi) is 4.44. The second-order valence-electron chi connectivity index (χ2n) is 8.03. The zero-order valence-corrected chi connectivity index (χ0v) is 16.3. The number of fused-ring (bicyclic) bond motifs is 4. The molecule has 1 aromatic rings. The van der Waals surface area contributed by atoms with Gasteiger partial charge in [-0.3, -0.25) is 4.90 Å². The highest BCUT2D eigenvalue weighted by Crippen LogP contribution is 2.41. The van der Waals surface area contributed by atoms with Crippen molar-refractivity contribution < 1.29 is 14.3 Å². The monoisotopic (exact) mass is 408 g/mol. The Bertz CT molecular complexity index is 671. The van der Waals surface area contributed by atoms with Crippen LogP contribution in [0.3, 0.4) is 0 Å². The van der Waals surface area contributed by atoms with Crippen molar-refractivity contribution in [3.05, 3.63) is 28.2 Å². The molecule has 0 radical (unpaired) electrons. The van der Waals surface area contributed by atoms with Crippen molar-refractivity contribution in [3.63, 3.8) is 0 Å². The van der Waals surface area contributed by atoms with Gasteiger partial charge in [-0.1, -0.05) is 22.0 Å². The van der Waals surface area contributed by atoms with E-state index in [-0.39, 0.29) is 23.8 Å². The molecule has 1 aromatic carbocycles. The zero-order valence-electron chi connectivity index (χ0n) is 14.8. The molecule has 1 N–H and O–H groups in total. The summed E-state index contributed by atoms with van der Waals surface area (Å²) >= 11 is 3.49. The number of alkyl carbamates (subject to hydrolysis) is 1. The van der Waals surface area contributed by atoms with E-state index in [0.29, 0.717) is 5.92 Å². The first-order chi connectivity index (χ1) is 11.9. The fraction of sp³-hybridized carbons (Fsp3) is 0.632. The van der Waals surface area contributed by atoms with Gasteiger partial charge in [0.05, 0.1) is 6.04 Å². The van der Waals surface area contributed by atoms with Gasteiger partial charge in [-0.05, 0) is 57.8 Å². The van der Waals surface area contributed by atoms with Crippen LogP contribution in [0.2, 0.25) is 0 Å². The van der Waals surface area contributed by atoms with Crippen molar-refractivity contribution in [3.8, 4) is 5.75 Å². The van der Waals surface area contributed by atoms with Gasteiger partial charge in [-0.25, -0.2) is 4.79 Å². The average Bonchev–Trinajstić information content (AvgIpc) is 2.54. The first-order valence-corrected chi connectivity index (χ1v) is 9.87. The van der Waals surface area contributed by atoms with Gasteiger partial charge in [0.2, 0.25) is 0 Å². The van der Waals surface area contributed by atoms with E-state index in [4.69, 9.17) is 9.47 Å². The highest BCUT2D eigenvalue weighted by atomic mass is 79.9. The molecular weight excluding hydrogens is 384 g/mol. The Morgan fingerprint density at radius 3 is 2.80 bits per heavy atom. The lowest BCUT2D eigenvalue weighted by Gasteiger charge is -2.44. The molecule has 5 nitrogen and oxygen atoms in total. The first kappa shape index (κ1) is 17.2. The fourth-order valence-corrected chi connectivity index (χ4v) is 4.65. The summed E-state index contributed by atoms with van der Waals surface area (Å²) in [5, 5.41) is 3.08. The smallest absolute Gasteiger partial charge is 0.407 e. The summed E-state index contributed by atoms with van der Waals surface area (Å²) in [7, 11) is 0. The Labute approximate surface area is 157 Å². The van der Waals surface area contributed by atoms with Crippen molar-refractivity contribution >= 4 is 22.0 Å². The van der Waals surface area contributed by atoms with Crippen molar-refractivity contribution in [2.45, 2.75) is 50.9 Å². The number of piperidine rings is 3. The van der Waals surface area contributed by atoms with Gasteiger partial charge in [-0.15, -0.1) is 0 Å². The fourth-order valence-electron chi connectivity index (χ4n) is 4.31. The van der Waals surface area contributed by atoms with Gasteiger partial charge in [0.15, 0.2) is 0 Å². The molecule has 0 saturated carbocycles. The number of carbonyl (C=O) groups is 1. The minimum Gasteiger partial charge on any atom is -0.487 e. The van der Waals surface area contributed by atoms with Crippen molar-refractivity contribution in [2.75, 3.05) is 19.6 Å². The molecular formula is C19H25BrN2O3. The molecule has 0 spiro atoms. The van der Waals surface area contributed by atoms with Crippen LogP contribution in [0.25, 0.3) is 0 Å². The van der Waals surface area contributed by atoms with Crippen LogP contribution in [0.4, 0.5) is 4.79 Å². The molecule has 3 fully saturated rings. The van der Waals surface area contributed by atoms with Crippen LogP contribution >= 0.6 is 15.9 Å². The van der Waals surface area contributed by atoms with Gasteiger partial charge in [0.1, 0.15) is 17.5 Å². The Balaban J connectivity index is 1.46. The molecule has 4 aliphatic heterocycles. The number of nitrogens with one attached hydrogen (secondary N) is 1. The van der Waals surface area contributed by atoms with Crippen LogP contribution in [0.15, 0.2) is 22.7 Å². The summed E-state index contributed by atoms with van der Waals surface area (Å²) in [6, 6.07) is 5.85. The SMILES string of the molecule is CC1(C)CC(NC(=O)O[C@H]2CN3CCC2CC3)c2ccc(Br)cc2O1. The molecule has 4 heterocycles. The molecule has 4 aliphatic rings. The van der Waals surface area contributed by atoms with Crippen LogP contribution in [0, 0.1) is 5.92 Å². The number of carbonyl (C=O) groups excluding carboxylic acids is 1. The van der Waals surface area contributed by atoms with E-state index in [0.717, 1.165) is 54.7 Å². The quantitative estimate of drug-likeness (QED) is 0.806. The third-order valence-electron chi connectivity index (χ3n) is 5.58. The van der Waals surface area contributed by atoms with Crippen molar-refractivity contribution in [1.29, 1.82) is 0 Å². The van der Waals surface area contributed by atoms with E-state index in [2.05, 4.69) is 26.1 Å². The second kappa shape index (κ2) is 6.47. The molecule has 136 valence electrons. The van der Waals surface area contributed by atoms with Crippen LogP contribution in [0.1, 0.15) is 44.7 Å². The predicted octanol–water partition coefficient (Wildman–Crippen LogP) is 3.87. The normalized spacial score (nSPS) is 32.4. The highest BCUT2D eigenvalue weighted by molar-refractivity contribution is 9.10. The lowest BCUT2D eigenvalue weighted by molar-refractivity contribution is -0.0350. The van der Waals surface area contributed by atoms with Crippen LogP contribution in [-0.2, 0) is 4.74 Å². The summed E-state index contributed by atoms with van der Waals surface area (Å²) in [5.41, 5.74) is 0.676. The lowest BCUT2D eigenvalue weighted by atomic mass is 9.86. The second-order valence-corrected chi connectivity index (χ2v) is 8.94. The number of amides is 1. The van der Waals surface area contributed by atoms with Crippen LogP contribution in [0.5, 0.6) is 5.75 Å². The number of hydrogen-bond acceptors (Lipinski definition) is 4. The average molecular weight is 409 g/mol. The first-order valence-electron chi connectivity index (χ1n) is 9.08. The molecule has 25 heavy (non-hydrogen) atoms. The van der Waals surface area contributed by atoms with Crippen LogP contribution in [-0.4, -0.2) is 42.3 Å². The summed E-state index contributed by atoms with van der Waals surface area (Å²) in [5.74, 6) is 1.34. The number of hydrogen-bond donors (Lipinski definition) is 1. The summed E-state index contributed by atoms with van der Waals surface area (Å²) in [4.78, 5) is 14.9. The standard InChI is InChI=1S/C19H25BrN2O3/c1-19(2)10-15(14-4-3-13(20)9-16(14)25-19)21-18(23)24-17-11-22-7-5-12(17)6-8-22/h3-4,9,12,15,17H,5-8,10-11H2,1-2H3,(H,21,23)/t15?,17-/m0/s1. The Morgan fingerprint density at radius 1 is 1.36 bits per heavy atom. The number of rotatable bonds is 2. The van der Waals surface area contributed by atoms with E-state index in [1.807, 2.05) is 32.0 Å². The number of nitrogens with zero attached hydrogens (tertiary/aromatic N) is 1. The predicted molar refractivity (Wildman–Crippen MR) is 98.8 cm³/mol. The van der Waals surface area contributed by atoms with E-state index in [1.54, 1.807) is 0 Å². The number of ether oxygens (including phenoxy) is 2. The minimum absolute atomic E-state index is 0.0275. The van der Waals surface area contributed by atoms with Crippen molar-refractivity contribution in [2.24, 2.45) is 5.92 Å². The molecule has 0 aliphatic carbocycles. The van der Waals surface area contributed by atoms with Crippen molar-refractivity contribution in [1.82, 2.24) is 10.2 Å². The van der Waals surface area contributed by atoms with Gasteiger partial charge in [0, 0.05) is 23.0 Å². The van der Waals surface area contributed by atoms with Gasteiger partial charge >= 0.3 is 6.09 Å². The molecule has 1 unspecified atom stereocenters. The number of benzene rings is 1. The lowest BCUT2D eigenvalue weighted by Crippen LogP contribution is -2.53. The van der Waals surface area contributed by atoms with Gasteiger partial charge < -0.3 is 14.8 Å². The molecule has 6 heteroatoms. The van der Waals surface area contributed by atoms with Gasteiger partial charge in [-0.2, -0.15) is 0 Å². The van der Waals surface area contributed by atoms with E-state index in [9.17, 15) is 4.79 Å². The number of halogens is 1. The summed E-state index contributed by atoms with van der Waals surface area (Å²) in [6.07, 6.45) is 2.71. The highest BCUT2D eigenvalue weighted by Gasteiger charge is 2.38. The zero-order chi connectivity index (χ0) is 17.6. The van der Waals surface area contributed by atoms with E-state index >= 15 is 0 Å². The topological polar surface area (TPSA) is 50.8 Å².